The number of benzene rings is 2. The molecule has 32 heavy (non-hydrogen) atoms. The summed E-state index contributed by atoms with van der Waals surface area (Å²) >= 11 is 0. The maximum atomic E-state index is 13.1. The van der Waals surface area contributed by atoms with Gasteiger partial charge in [0.1, 0.15) is 10.6 Å². The quantitative estimate of drug-likeness (QED) is 0.677. The summed E-state index contributed by atoms with van der Waals surface area (Å²) < 4.78 is 59.5. The average Bonchev–Trinajstić information content (AvgIpc) is 3.34. The van der Waals surface area contributed by atoms with Crippen LogP contribution in [0.15, 0.2) is 47.4 Å². The number of amides is 1. The molecule has 2 aliphatic heterocycles. The van der Waals surface area contributed by atoms with E-state index in [0.29, 0.717) is 9.99 Å². The summed E-state index contributed by atoms with van der Waals surface area (Å²) in [5.41, 5.74) is 1.35. The molecule has 0 unspecified atom stereocenters. The van der Waals surface area contributed by atoms with Crippen molar-refractivity contribution >= 4 is 43.0 Å². The molecule has 0 radical (unpaired) electrons. The largest absolute Gasteiger partial charge is 0.495 e. The van der Waals surface area contributed by atoms with E-state index in [0.717, 1.165) is 37.7 Å². The van der Waals surface area contributed by atoms with E-state index in [1.807, 2.05) is 12.1 Å². The van der Waals surface area contributed by atoms with Gasteiger partial charge in [0.05, 0.1) is 24.5 Å². The van der Waals surface area contributed by atoms with Gasteiger partial charge in [0.2, 0.25) is 15.9 Å². The summed E-state index contributed by atoms with van der Waals surface area (Å²) in [4.78, 5) is 14.4. The Labute approximate surface area is 188 Å². The maximum absolute atomic E-state index is 13.1. The molecule has 1 amide bonds. The first-order chi connectivity index (χ1) is 15.1. The molecule has 2 aromatic carbocycles. The zero-order chi connectivity index (χ0) is 23.1. The fourth-order valence-electron chi connectivity index (χ4n) is 4.01. The third kappa shape index (κ3) is 4.14. The van der Waals surface area contributed by atoms with Crippen LogP contribution in [0.4, 0.5) is 17.1 Å². The summed E-state index contributed by atoms with van der Waals surface area (Å²) in [5.74, 6) is -1.58. The SMILES string of the molecule is COc1ccc(N2C(=O)[C@H](C)CS2(=O)=O)cc1S(=O)(=O)Nc1ccc(N2CCCC2)cc1. The van der Waals surface area contributed by atoms with Gasteiger partial charge in [0, 0.05) is 24.5 Å². The van der Waals surface area contributed by atoms with Gasteiger partial charge in [-0.1, -0.05) is 6.92 Å². The van der Waals surface area contributed by atoms with Crippen LogP contribution in [-0.2, 0) is 24.8 Å². The molecule has 11 heteroatoms. The van der Waals surface area contributed by atoms with Crippen LogP contribution >= 0.6 is 0 Å². The highest BCUT2D eigenvalue weighted by atomic mass is 32.2. The van der Waals surface area contributed by atoms with Gasteiger partial charge in [0.15, 0.2) is 0 Å². The average molecular weight is 480 g/mol. The molecule has 2 saturated heterocycles. The van der Waals surface area contributed by atoms with Crippen molar-refractivity contribution in [3.8, 4) is 5.75 Å². The Morgan fingerprint density at radius 1 is 1.03 bits per heavy atom. The zero-order valence-electron chi connectivity index (χ0n) is 17.8. The number of hydrogen-bond acceptors (Lipinski definition) is 7. The second kappa shape index (κ2) is 8.28. The number of nitrogens with zero attached hydrogens (tertiary/aromatic N) is 2. The van der Waals surface area contributed by atoms with E-state index in [-0.39, 0.29) is 22.1 Å². The van der Waals surface area contributed by atoms with Gasteiger partial charge >= 0.3 is 0 Å². The monoisotopic (exact) mass is 479 g/mol. The normalized spacial score (nSPS) is 20.6. The standard InChI is InChI=1S/C21H25N3O6S2/c1-15-14-31(26,27)24(21(15)25)18-9-10-19(30-2)20(13-18)32(28,29)22-16-5-7-17(8-6-16)23-11-3-4-12-23/h5-10,13,15,22H,3-4,11-12,14H2,1-2H3/t15-/m1/s1. The summed E-state index contributed by atoms with van der Waals surface area (Å²) in [5, 5.41) is 0. The van der Waals surface area contributed by atoms with Crippen LogP contribution in [0.5, 0.6) is 5.75 Å². The molecule has 2 fully saturated rings. The molecule has 1 atom stereocenters. The second-order valence-corrected chi connectivity index (χ2v) is 11.5. The molecule has 4 rings (SSSR count). The Balaban J connectivity index is 1.65. The van der Waals surface area contributed by atoms with Crippen molar-refractivity contribution in [2.24, 2.45) is 5.92 Å². The number of ether oxygens (including phenoxy) is 1. The third-order valence-electron chi connectivity index (χ3n) is 5.62. The number of sulfonamides is 2. The molecular formula is C21H25N3O6S2. The van der Waals surface area contributed by atoms with Crippen LogP contribution in [0.2, 0.25) is 0 Å². The Hall–Kier alpha value is -2.79. The van der Waals surface area contributed by atoms with Crippen molar-refractivity contribution in [2.45, 2.75) is 24.7 Å². The van der Waals surface area contributed by atoms with Crippen molar-refractivity contribution in [2.75, 3.05) is 39.9 Å². The van der Waals surface area contributed by atoms with E-state index < -0.39 is 31.9 Å². The van der Waals surface area contributed by atoms with Crippen LogP contribution < -0.4 is 18.7 Å². The summed E-state index contributed by atoms with van der Waals surface area (Å²) in [6.07, 6.45) is 2.27. The fraction of sp³-hybridized carbons (Fsp3) is 0.381. The lowest BCUT2D eigenvalue weighted by Crippen LogP contribution is -2.30. The van der Waals surface area contributed by atoms with E-state index in [2.05, 4.69) is 9.62 Å². The first kappa shape index (κ1) is 22.4. The third-order valence-corrected chi connectivity index (χ3v) is 8.89. The van der Waals surface area contributed by atoms with Crippen molar-refractivity contribution in [3.63, 3.8) is 0 Å². The number of hydrogen-bond donors (Lipinski definition) is 1. The van der Waals surface area contributed by atoms with E-state index in [1.165, 1.54) is 26.2 Å². The molecule has 2 aliphatic rings. The lowest BCUT2D eigenvalue weighted by atomic mass is 10.2. The molecule has 0 aromatic heterocycles. The van der Waals surface area contributed by atoms with Crippen LogP contribution in [0.1, 0.15) is 19.8 Å². The first-order valence-corrected chi connectivity index (χ1v) is 13.3. The molecule has 0 saturated carbocycles. The van der Waals surface area contributed by atoms with Crippen LogP contribution in [0.3, 0.4) is 0 Å². The number of anilines is 3. The van der Waals surface area contributed by atoms with Gasteiger partial charge in [-0.25, -0.2) is 21.1 Å². The van der Waals surface area contributed by atoms with Crippen molar-refractivity contribution in [3.05, 3.63) is 42.5 Å². The molecule has 1 N–H and O–H groups in total. The van der Waals surface area contributed by atoms with E-state index in [4.69, 9.17) is 4.74 Å². The summed E-state index contributed by atoms with van der Waals surface area (Å²) in [6.45, 7) is 3.48. The minimum absolute atomic E-state index is 0.0343. The first-order valence-electron chi connectivity index (χ1n) is 10.2. The van der Waals surface area contributed by atoms with Crippen LogP contribution in [0.25, 0.3) is 0 Å². The van der Waals surface area contributed by atoms with Crippen LogP contribution in [0, 0.1) is 5.92 Å². The molecular weight excluding hydrogens is 454 g/mol. The van der Waals surface area contributed by atoms with Gasteiger partial charge in [-0.15, -0.1) is 0 Å². The van der Waals surface area contributed by atoms with Gasteiger partial charge in [-0.3, -0.25) is 9.52 Å². The Kier molecular flexibility index (Phi) is 5.80. The fourth-order valence-corrected chi connectivity index (χ4v) is 7.08. The number of nitrogens with one attached hydrogen (secondary N) is 1. The molecule has 2 aromatic rings. The van der Waals surface area contributed by atoms with Crippen molar-refractivity contribution in [1.29, 1.82) is 0 Å². The maximum Gasteiger partial charge on any atom is 0.265 e. The minimum atomic E-state index is -4.13. The Bertz CT molecular complexity index is 1240. The van der Waals surface area contributed by atoms with Gasteiger partial charge in [-0.05, 0) is 55.3 Å². The van der Waals surface area contributed by atoms with Crippen molar-refractivity contribution in [1.82, 2.24) is 0 Å². The number of rotatable bonds is 6. The molecule has 9 nitrogen and oxygen atoms in total. The van der Waals surface area contributed by atoms with Crippen LogP contribution in [-0.4, -0.2) is 48.7 Å². The molecule has 172 valence electrons. The predicted octanol–water partition coefficient (Wildman–Crippen LogP) is 2.41. The molecule has 2 heterocycles. The molecule has 0 spiro atoms. The zero-order valence-corrected chi connectivity index (χ0v) is 19.4. The molecule has 0 bridgehead atoms. The Morgan fingerprint density at radius 2 is 1.66 bits per heavy atom. The summed E-state index contributed by atoms with van der Waals surface area (Å²) in [7, 11) is -6.68. The van der Waals surface area contributed by atoms with Gasteiger partial charge in [-0.2, -0.15) is 0 Å². The second-order valence-electron chi connectivity index (χ2n) is 7.96. The summed E-state index contributed by atoms with van der Waals surface area (Å²) in [6, 6.07) is 10.9. The molecule has 0 aliphatic carbocycles. The highest BCUT2D eigenvalue weighted by molar-refractivity contribution is 7.94. The lowest BCUT2D eigenvalue weighted by molar-refractivity contribution is -0.119. The number of carbonyl (C=O) groups excluding carboxylic acids is 1. The van der Waals surface area contributed by atoms with E-state index in [9.17, 15) is 21.6 Å². The van der Waals surface area contributed by atoms with E-state index in [1.54, 1.807) is 12.1 Å². The van der Waals surface area contributed by atoms with Gasteiger partial charge < -0.3 is 9.64 Å². The highest BCUT2D eigenvalue weighted by Gasteiger charge is 2.42. The number of carbonyl (C=O) groups is 1. The highest BCUT2D eigenvalue weighted by Crippen LogP contribution is 2.35. The number of methoxy groups -OCH3 is 1. The predicted molar refractivity (Wildman–Crippen MR) is 122 cm³/mol. The topological polar surface area (TPSA) is 113 Å². The smallest absolute Gasteiger partial charge is 0.265 e. The minimum Gasteiger partial charge on any atom is -0.495 e. The van der Waals surface area contributed by atoms with Gasteiger partial charge in [0.25, 0.3) is 10.0 Å². The van der Waals surface area contributed by atoms with Crippen molar-refractivity contribution < 1.29 is 26.4 Å². The Morgan fingerprint density at radius 3 is 2.22 bits per heavy atom. The van der Waals surface area contributed by atoms with E-state index >= 15 is 0 Å². The lowest BCUT2D eigenvalue weighted by Gasteiger charge is -2.19.